The van der Waals surface area contributed by atoms with Gasteiger partial charge in [-0.05, 0) is 61.7 Å². The highest BCUT2D eigenvalue weighted by Gasteiger charge is 2.22. The van der Waals surface area contributed by atoms with Gasteiger partial charge in [-0.15, -0.1) is 0 Å². The zero-order valence-corrected chi connectivity index (χ0v) is 17.3. The van der Waals surface area contributed by atoms with Crippen molar-refractivity contribution in [2.45, 2.75) is 37.2 Å². The first-order valence-corrected chi connectivity index (χ1v) is 11.1. The number of benzene rings is 2. The first-order valence-electron chi connectivity index (χ1n) is 9.25. The van der Waals surface area contributed by atoms with Crippen molar-refractivity contribution in [2.24, 2.45) is 0 Å². The minimum absolute atomic E-state index is 0.0639. The average Bonchev–Trinajstić information content (AvgIpc) is 3.21. The van der Waals surface area contributed by atoms with Crippen LogP contribution in [-0.4, -0.2) is 33.5 Å². The van der Waals surface area contributed by atoms with E-state index in [1.165, 1.54) is 49.7 Å². The largest absolute Gasteiger partial charge is 0.372 e. The number of nitrogens with one attached hydrogen (secondary N) is 2. The summed E-state index contributed by atoms with van der Waals surface area (Å²) in [6, 6.07) is 13.0. The topological polar surface area (TPSA) is 78.5 Å². The Bertz CT molecular complexity index is 909. The summed E-state index contributed by atoms with van der Waals surface area (Å²) in [7, 11) is -3.79. The van der Waals surface area contributed by atoms with Crippen molar-refractivity contribution in [1.82, 2.24) is 10.0 Å². The van der Waals surface area contributed by atoms with Gasteiger partial charge in [0.05, 0.1) is 10.9 Å². The summed E-state index contributed by atoms with van der Waals surface area (Å²) in [6.45, 7) is 4.02. The zero-order chi connectivity index (χ0) is 20.1. The summed E-state index contributed by atoms with van der Waals surface area (Å²) in [5.41, 5.74) is 2.15. The van der Waals surface area contributed by atoms with E-state index in [0.717, 1.165) is 18.7 Å². The number of amides is 1. The van der Waals surface area contributed by atoms with Crippen molar-refractivity contribution >= 4 is 33.2 Å². The molecule has 6 nitrogen and oxygen atoms in total. The normalized spacial score (nSPS) is 15.4. The van der Waals surface area contributed by atoms with E-state index in [1.807, 2.05) is 12.1 Å². The molecule has 1 aliphatic rings. The third-order valence-electron chi connectivity index (χ3n) is 4.72. The summed E-state index contributed by atoms with van der Waals surface area (Å²) in [5.74, 6) is -0.388. The van der Waals surface area contributed by atoms with E-state index < -0.39 is 16.1 Å². The Morgan fingerprint density at radius 1 is 1.07 bits per heavy atom. The molecule has 0 spiro atoms. The molecule has 2 aromatic carbocycles. The lowest BCUT2D eigenvalue weighted by molar-refractivity contribution is -0.122. The van der Waals surface area contributed by atoms with Crippen molar-refractivity contribution < 1.29 is 13.2 Å². The fraction of sp³-hybridized carbons (Fsp3) is 0.350. The Labute approximate surface area is 170 Å². The van der Waals surface area contributed by atoms with E-state index in [0.29, 0.717) is 11.6 Å². The Morgan fingerprint density at radius 2 is 1.68 bits per heavy atom. The smallest absolute Gasteiger partial charge is 0.241 e. The maximum atomic E-state index is 12.4. The van der Waals surface area contributed by atoms with Crippen LogP contribution in [0.5, 0.6) is 0 Å². The second kappa shape index (κ2) is 8.94. The van der Waals surface area contributed by atoms with Gasteiger partial charge < -0.3 is 10.2 Å². The molecule has 0 aromatic heterocycles. The summed E-state index contributed by atoms with van der Waals surface area (Å²) >= 11 is 5.78. The fourth-order valence-electron chi connectivity index (χ4n) is 3.11. The molecule has 1 amide bonds. The Morgan fingerprint density at radius 3 is 2.29 bits per heavy atom. The maximum absolute atomic E-state index is 12.4. The standard InChI is InChI=1S/C20H24ClN3O3S/c1-15(23-28(26,27)19-10-6-17(21)7-11-19)20(25)22-14-16-4-8-18(9-5-16)24-12-2-3-13-24/h4-11,15,23H,2-3,12-14H2,1H3,(H,22,25)/t15-/m0/s1. The predicted molar refractivity (Wildman–Crippen MR) is 111 cm³/mol. The molecule has 150 valence electrons. The predicted octanol–water partition coefficient (Wildman–Crippen LogP) is 2.92. The van der Waals surface area contributed by atoms with Gasteiger partial charge in [0.25, 0.3) is 0 Å². The van der Waals surface area contributed by atoms with E-state index in [2.05, 4.69) is 27.1 Å². The number of hydrogen-bond acceptors (Lipinski definition) is 4. The van der Waals surface area contributed by atoms with Crippen LogP contribution in [0.15, 0.2) is 53.4 Å². The van der Waals surface area contributed by atoms with Crippen molar-refractivity contribution in [3.8, 4) is 0 Å². The molecule has 28 heavy (non-hydrogen) atoms. The molecule has 1 heterocycles. The monoisotopic (exact) mass is 421 g/mol. The Hall–Kier alpha value is -2.09. The summed E-state index contributed by atoms with van der Waals surface area (Å²) < 4.78 is 27.1. The lowest BCUT2D eigenvalue weighted by Gasteiger charge is -2.18. The van der Waals surface area contributed by atoms with E-state index >= 15 is 0 Å². The van der Waals surface area contributed by atoms with E-state index in [1.54, 1.807) is 0 Å². The fourth-order valence-corrected chi connectivity index (χ4v) is 4.44. The third kappa shape index (κ3) is 5.25. The van der Waals surface area contributed by atoms with Crippen LogP contribution in [0.4, 0.5) is 5.69 Å². The SMILES string of the molecule is C[C@H](NS(=O)(=O)c1ccc(Cl)cc1)C(=O)NCc1ccc(N2CCCC2)cc1. The van der Waals surface area contributed by atoms with Gasteiger partial charge in [-0.2, -0.15) is 4.72 Å². The summed E-state index contributed by atoms with van der Waals surface area (Å²) in [6.07, 6.45) is 2.45. The number of carbonyl (C=O) groups excluding carboxylic acids is 1. The van der Waals surface area contributed by atoms with Crippen molar-refractivity contribution in [3.05, 3.63) is 59.1 Å². The van der Waals surface area contributed by atoms with Crippen molar-refractivity contribution in [1.29, 1.82) is 0 Å². The molecule has 2 aromatic rings. The molecule has 0 bridgehead atoms. The lowest BCUT2D eigenvalue weighted by atomic mass is 10.2. The summed E-state index contributed by atoms with van der Waals surface area (Å²) in [4.78, 5) is 14.7. The van der Waals surface area contributed by atoms with E-state index in [-0.39, 0.29) is 10.8 Å². The molecule has 3 rings (SSSR count). The quantitative estimate of drug-likeness (QED) is 0.720. The van der Waals surface area contributed by atoms with Gasteiger partial charge in [0.15, 0.2) is 0 Å². The highest BCUT2D eigenvalue weighted by atomic mass is 35.5. The molecule has 1 atom stereocenters. The van der Waals surface area contributed by atoms with Crippen LogP contribution < -0.4 is 14.9 Å². The van der Waals surface area contributed by atoms with Crippen LogP contribution in [-0.2, 0) is 21.4 Å². The van der Waals surface area contributed by atoms with Gasteiger partial charge in [0.2, 0.25) is 15.9 Å². The van der Waals surface area contributed by atoms with Crippen molar-refractivity contribution in [3.63, 3.8) is 0 Å². The van der Waals surface area contributed by atoms with Gasteiger partial charge in [0, 0.05) is 30.3 Å². The molecular formula is C20H24ClN3O3S. The first kappa shape index (κ1) is 20.6. The van der Waals surface area contributed by atoms with Crippen LogP contribution in [0.3, 0.4) is 0 Å². The van der Waals surface area contributed by atoms with Crippen LogP contribution >= 0.6 is 11.6 Å². The molecule has 1 saturated heterocycles. The average molecular weight is 422 g/mol. The van der Waals surface area contributed by atoms with Gasteiger partial charge in [-0.25, -0.2) is 8.42 Å². The number of carbonyl (C=O) groups is 1. The van der Waals surface area contributed by atoms with Crippen LogP contribution in [0.25, 0.3) is 0 Å². The Balaban J connectivity index is 1.53. The highest BCUT2D eigenvalue weighted by molar-refractivity contribution is 7.89. The second-order valence-corrected chi connectivity index (χ2v) is 9.03. The first-order chi connectivity index (χ1) is 13.3. The zero-order valence-electron chi connectivity index (χ0n) is 15.7. The molecule has 8 heteroatoms. The number of rotatable bonds is 7. The Kier molecular flexibility index (Phi) is 6.59. The van der Waals surface area contributed by atoms with E-state index in [4.69, 9.17) is 11.6 Å². The minimum Gasteiger partial charge on any atom is -0.372 e. The number of sulfonamides is 1. The molecule has 0 unspecified atom stereocenters. The molecule has 1 fully saturated rings. The molecule has 0 aliphatic carbocycles. The van der Waals surface area contributed by atoms with Gasteiger partial charge in [0.1, 0.15) is 0 Å². The van der Waals surface area contributed by atoms with Gasteiger partial charge >= 0.3 is 0 Å². The number of anilines is 1. The van der Waals surface area contributed by atoms with Gasteiger partial charge in [-0.3, -0.25) is 4.79 Å². The molecule has 0 radical (unpaired) electrons. The lowest BCUT2D eigenvalue weighted by Crippen LogP contribution is -2.44. The minimum atomic E-state index is -3.79. The van der Waals surface area contributed by atoms with Gasteiger partial charge in [-0.1, -0.05) is 23.7 Å². The van der Waals surface area contributed by atoms with Crippen LogP contribution in [0.2, 0.25) is 5.02 Å². The third-order valence-corrected chi connectivity index (χ3v) is 6.53. The number of halogens is 1. The maximum Gasteiger partial charge on any atom is 0.241 e. The van der Waals surface area contributed by atoms with Crippen LogP contribution in [0, 0.1) is 0 Å². The van der Waals surface area contributed by atoms with Crippen molar-refractivity contribution in [2.75, 3.05) is 18.0 Å². The van der Waals surface area contributed by atoms with E-state index in [9.17, 15) is 13.2 Å². The molecule has 1 aliphatic heterocycles. The number of hydrogen-bond donors (Lipinski definition) is 2. The second-order valence-electron chi connectivity index (χ2n) is 6.88. The summed E-state index contributed by atoms with van der Waals surface area (Å²) in [5, 5.41) is 3.22. The number of nitrogens with zero attached hydrogens (tertiary/aromatic N) is 1. The highest BCUT2D eigenvalue weighted by Crippen LogP contribution is 2.20. The molecular weight excluding hydrogens is 398 g/mol. The molecule has 2 N–H and O–H groups in total. The van der Waals surface area contributed by atoms with Crippen LogP contribution in [0.1, 0.15) is 25.3 Å². The molecule has 0 saturated carbocycles.